The largest absolute Gasteiger partial charge is 0.459 e. The molecule has 1 fully saturated rings. The number of benzene rings is 1. The molecule has 0 saturated heterocycles. The Bertz CT molecular complexity index is 776. The Labute approximate surface area is 164 Å². The molecule has 7 heteroatoms. The number of ether oxygens (including phenoxy) is 1. The first-order valence-electron chi connectivity index (χ1n) is 9.73. The molecule has 0 spiro atoms. The van der Waals surface area contributed by atoms with Crippen molar-refractivity contribution in [3.63, 3.8) is 0 Å². The van der Waals surface area contributed by atoms with Crippen LogP contribution in [0.1, 0.15) is 43.2 Å². The van der Waals surface area contributed by atoms with Gasteiger partial charge >= 0.3 is 6.03 Å². The summed E-state index contributed by atoms with van der Waals surface area (Å²) in [6, 6.07) is 9.85. The van der Waals surface area contributed by atoms with Crippen molar-refractivity contribution in [2.75, 3.05) is 23.8 Å². The Balaban J connectivity index is 1.40. The van der Waals surface area contributed by atoms with E-state index in [4.69, 9.17) is 9.15 Å². The average Bonchev–Trinajstić information content (AvgIpc) is 3.22. The molecule has 150 valence electrons. The minimum absolute atomic E-state index is 0.225. The topological polar surface area (TPSA) is 92.6 Å². The monoisotopic (exact) mass is 385 g/mol. The molecule has 2 aromatic rings. The van der Waals surface area contributed by atoms with Crippen molar-refractivity contribution in [2.45, 2.75) is 38.7 Å². The highest BCUT2D eigenvalue weighted by Crippen LogP contribution is 2.26. The van der Waals surface area contributed by atoms with E-state index in [0.717, 1.165) is 6.42 Å². The van der Waals surface area contributed by atoms with Gasteiger partial charge in [0.15, 0.2) is 5.76 Å². The van der Waals surface area contributed by atoms with Crippen molar-refractivity contribution < 1.29 is 18.7 Å². The summed E-state index contributed by atoms with van der Waals surface area (Å²) >= 11 is 0. The van der Waals surface area contributed by atoms with Gasteiger partial charge in [-0.25, -0.2) is 4.79 Å². The van der Waals surface area contributed by atoms with Crippen LogP contribution in [-0.4, -0.2) is 31.2 Å². The van der Waals surface area contributed by atoms with E-state index in [9.17, 15) is 9.59 Å². The zero-order valence-electron chi connectivity index (χ0n) is 16.1. The summed E-state index contributed by atoms with van der Waals surface area (Å²) in [5.74, 6) is 0.464. The van der Waals surface area contributed by atoms with E-state index in [1.165, 1.54) is 25.5 Å². The number of carbonyl (C=O) groups is 2. The molecule has 3 rings (SSSR count). The van der Waals surface area contributed by atoms with Gasteiger partial charge in [0.25, 0.3) is 5.91 Å². The molecule has 1 saturated carbocycles. The first-order valence-corrected chi connectivity index (χ1v) is 9.73. The van der Waals surface area contributed by atoms with Crippen molar-refractivity contribution >= 4 is 23.3 Å². The minimum atomic E-state index is -0.347. The number of amides is 3. The van der Waals surface area contributed by atoms with Crippen LogP contribution in [0.2, 0.25) is 0 Å². The normalized spacial score (nSPS) is 19.0. The Morgan fingerprint density at radius 3 is 2.64 bits per heavy atom. The van der Waals surface area contributed by atoms with Crippen LogP contribution in [-0.2, 0) is 4.74 Å². The molecule has 0 bridgehead atoms. The Morgan fingerprint density at radius 1 is 1.11 bits per heavy atom. The van der Waals surface area contributed by atoms with Crippen LogP contribution in [0, 0.1) is 5.92 Å². The van der Waals surface area contributed by atoms with E-state index in [-0.39, 0.29) is 17.7 Å². The molecule has 1 aliphatic carbocycles. The minimum Gasteiger partial charge on any atom is -0.459 e. The van der Waals surface area contributed by atoms with Crippen LogP contribution in [0.3, 0.4) is 0 Å². The van der Waals surface area contributed by atoms with Gasteiger partial charge in [-0.2, -0.15) is 0 Å². The van der Waals surface area contributed by atoms with Crippen molar-refractivity contribution in [2.24, 2.45) is 5.92 Å². The third-order valence-electron chi connectivity index (χ3n) is 4.88. The number of furan rings is 1. The molecule has 0 radical (unpaired) electrons. The summed E-state index contributed by atoms with van der Waals surface area (Å²) in [6.45, 7) is 3.17. The smallest absolute Gasteiger partial charge is 0.319 e. The second kappa shape index (κ2) is 9.94. The highest BCUT2D eigenvalue weighted by atomic mass is 16.5. The van der Waals surface area contributed by atoms with Crippen LogP contribution in [0.25, 0.3) is 0 Å². The van der Waals surface area contributed by atoms with Gasteiger partial charge in [-0.3, -0.25) is 4.79 Å². The van der Waals surface area contributed by atoms with E-state index in [1.807, 2.05) is 0 Å². The van der Waals surface area contributed by atoms with Crippen LogP contribution in [0.15, 0.2) is 47.1 Å². The predicted molar refractivity (Wildman–Crippen MR) is 107 cm³/mol. The molecule has 28 heavy (non-hydrogen) atoms. The fourth-order valence-corrected chi connectivity index (χ4v) is 3.36. The van der Waals surface area contributed by atoms with Crippen LogP contribution >= 0.6 is 0 Å². The summed E-state index contributed by atoms with van der Waals surface area (Å²) in [5.41, 5.74) is 1.14. The third-order valence-corrected chi connectivity index (χ3v) is 4.88. The lowest BCUT2D eigenvalue weighted by molar-refractivity contribution is -0.00232. The van der Waals surface area contributed by atoms with Crippen LogP contribution in [0.5, 0.6) is 0 Å². The van der Waals surface area contributed by atoms with Crippen molar-refractivity contribution in [3.8, 4) is 0 Å². The Kier molecular flexibility index (Phi) is 7.08. The Morgan fingerprint density at radius 2 is 1.89 bits per heavy atom. The molecule has 1 aliphatic rings. The SMILES string of the molecule is C[C@@H]1CCCC[C@@H]1OCCNC(=O)Nc1cccc(NC(=O)c2ccco2)c1. The summed E-state index contributed by atoms with van der Waals surface area (Å²) < 4.78 is 11.0. The maximum absolute atomic E-state index is 12.1. The fourth-order valence-electron chi connectivity index (χ4n) is 3.36. The predicted octanol–water partition coefficient (Wildman–Crippen LogP) is 4.25. The second-order valence-electron chi connectivity index (χ2n) is 7.06. The highest BCUT2D eigenvalue weighted by molar-refractivity contribution is 6.02. The van der Waals surface area contributed by atoms with Gasteiger partial charge in [-0.05, 0) is 49.1 Å². The first kappa shape index (κ1) is 19.9. The van der Waals surface area contributed by atoms with Gasteiger partial charge in [-0.1, -0.05) is 25.8 Å². The number of hydrogen-bond acceptors (Lipinski definition) is 4. The molecule has 2 atom stereocenters. The van der Waals surface area contributed by atoms with Gasteiger partial charge in [0.2, 0.25) is 0 Å². The lowest BCUT2D eigenvalue weighted by Crippen LogP contribution is -2.34. The number of urea groups is 1. The van der Waals surface area contributed by atoms with Gasteiger partial charge in [0, 0.05) is 17.9 Å². The van der Waals surface area contributed by atoms with Crippen molar-refractivity contribution in [1.82, 2.24) is 5.32 Å². The summed E-state index contributed by atoms with van der Waals surface area (Å²) in [7, 11) is 0. The first-order chi connectivity index (χ1) is 13.6. The van der Waals surface area contributed by atoms with Gasteiger partial charge < -0.3 is 25.1 Å². The molecule has 0 aliphatic heterocycles. The molecule has 1 aromatic carbocycles. The summed E-state index contributed by atoms with van der Waals surface area (Å²) in [6.07, 6.45) is 6.55. The van der Waals surface area contributed by atoms with Crippen molar-refractivity contribution in [3.05, 3.63) is 48.4 Å². The number of hydrogen-bond donors (Lipinski definition) is 3. The second-order valence-corrected chi connectivity index (χ2v) is 7.06. The lowest BCUT2D eigenvalue weighted by atomic mass is 9.88. The van der Waals surface area contributed by atoms with Gasteiger partial charge in [-0.15, -0.1) is 0 Å². The van der Waals surface area contributed by atoms with E-state index in [1.54, 1.807) is 36.4 Å². The molecule has 7 nitrogen and oxygen atoms in total. The lowest BCUT2D eigenvalue weighted by Gasteiger charge is -2.28. The Hall–Kier alpha value is -2.80. The van der Waals surface area contributed by atoms with Gasteiger partial charge in [0.1, 0.15) is 0 Å². The van der Waals surface area contributed by atoms with E-state index in [0.29, 0.717) is 36.5 Å². The number of anilines is 2. The molecular weight excluding hydrogens is 358 g/mol. The quantitative estimate of drug-likeness (QED) is 0.621. The van der Waals surface area contributed by atoms with E-state index < -0.39 is 0 Å². The average molecular weight is 385 g/mol. The fraction of sp³-hybridized carbons (Fsp3) is 0.429. The molecule has 1 aromatic heterocycles. The van der Waals surface area contributed by atoms with E-state index >= 15 is 0 Å². The van der Waals surface area contributed by atoms with Gasteiger partial charge in [0.05, 0.1) is 19.0 Å². The van der Waals surface area contributed by atoms with E-state index in [2.05, 4.69) is 22.9 Å². The molecule has 1 heterocycles. The van der Waals surface area contributed by atoms with Crippen molar-refractivity contribution in [1.29, 1.82) is 0 Å². The maximum Gasteiger partial charge on any atom is 0.319 e. The molecular formula is C21H27N3O4. The number of carbonyl (C=O) groups excluding carboxylic acids is 2. The number of nitrogens with one attached hydrogen (secondary N) is 3. The third kappa shape index (κ3) is 5.85. The standard InChI is InChI=1S/C21H27N3O4/c1-15-6-2-3-9-18(15)28-13-11-22-21(26)24-17-8-4-7-16(14-17)23-20(25)19-10-5-12-27-19/h4-5,7-8,10,12,14-15,18H,2-3,6,9,11,13H2,1H3,(H,23,25)(H2,22,24,26)/t15-,18+/m1/s1. The molecule has 0 unspecified atom stereocenters. The zero-order chi connectivity index (χ0) is 19.8. The number of rotatable bonds is 7. The molecule has 3 N–H and O–H groups in total. The molecule has 3 amide bonds. The zero-order valence-corrected chi connectivity index (χ0v) is 16.1. The summed E-state index contributed by atoms with van der Waals surface area (Å²) in [5, 5.41) is 8.27. The van der Waals surface area contributed by atoms with Crippen LogP contribution < -0.4 is 16.0 Å². The highest BCUT2D eigenvalue weighted by Gasteiger charge is 2.21. The van der Waals surface area contributed by atoms with Crippen LogP contribution in [0.4, 0.5) is 16.2 Å². The summed E-state index contributed by atoms with van der Waals surface area (Å²) in [4.78, 5) is 24.1. The maximum atomic E-state index is 12.1.